The van der Waals surface area contributed by atoms with Crippen LogP contribution < -0.4 is 16.0 Å². The molecular formula is C20H19ClF3N3O4. The van der Waals surface area contributed by atoms with E-state index in [0.29, 0.717) is 17.6 Å². The van der Waals surface area contributed by atoms with Gasteiger partial charge in [0.15, 0.2) is 0 Å². The van der Waals surface area contributed by atoms with Crippen molar-refractivity contribution in [2.75, 3.05) is 13.1 Å². The van der Waals surface area contributed by atoms with Gasteiger partial charge in [-0.25, -0.2) is 4.79 Å². The van der Waals surface area contributed by atoms with Crippen LogP contribution in [0.25, 0.3) is 0 Å². The summed E-state index contributed by atoms with van der Waals surface area (Å²) in [5.74, 6) is -2.99. The van der Waals surface area contributed by atoms with Crippen LogP contribution in [0.2, 0.25) is 5.02 Å². The summed E-state index contributed by atoms with van der Waals surface area (Å²) in [6, 6.07) is 9.33. The van der Waals surface area contributed by atoms with E-state index in [2.05, 4.69) is 16.0 Å². The molecule has 0 saturated carbocycles. The Hall–Kier alpha value is -3.11. The normalized spacial score (nSPS) is 12.1. The number of halogens is 4. The first-order valence-corrected chi connectivity index (χ1v) is 9.37. The second-order valence-corrected chi connectivity index (χ2v) is 6.91. The molecule has 166 valence electrons. The summed E-state index contributed by atoms with van der Waals surface area (Å²) < 4.78 is 38.2. The Labute approximate surface area is 180 Å². The van der Waals surface area contributed by atoms with Crippen molar-refractivity contribution in [1.29, 1.82) is 0 Å². The quantitative estimate of drug-likeness (QED) is 0.462. The number of carbonyl (C=O) groups is 3. The highest BCUT2D eigenvalue weighted by Gasteiger charge is 2.31. The third-order valence-corrected chi connectivity index (χ3v) is 4.34. The van der Waals surface area contributed by atoms with Gasteiger partial charge >= 0.3 is 12.1 Å². The molecule has 0 saturated heterocycles. The Bertz CT molecular complexity index is 936. The Morgan fingerprint density at radius 1 is 1.06 bits per heavy atom. The van der Waals surface area contributed by atoms with Crippen molar-refractivity contribution in [2.45, 2.75) is 18.8 Å². The van der Waals surface area contributed by atoms with Gasteiger partial charge in [-0.1, -0.05) is 29.8 Å². The van der Waals surface area contributed by atoms with Crippen LogP contribution in [0.4, 0.5) is 13.2 Å². The van der Waals surface area contributed by atoms with Gasteiger partial charge in [0.2, 0.25) is 5.91 Å². The third kappa shape index (κ3) is 7.91. The maximum atomic E-state index is 12.7. The highest BCUT2D eigenvalue weighted by molar-refractivity contribution is 6.30. The van der Waals surface area contributed by atoms with E-state index in [1.54, 1.807) is 24.3 Å². The van der Waals surface area contributed by atoms with E-state index in [9.17, 15) is 32.7 Å². The van der Waals surface area contributed by atoms with Gasteiger partial charge in [-0.05, 0) is 35.9 Å². The molecule has 0 aliphatic carbocycles. The lowest BCUT2D eigenvalue weighted by Gasteiger charge is -2.16. The molecule has 2 amide bonds. The average Bonchev–Trinajstić information content (AvgIpc) is 2.72. The van der Waals surface area contributed by atoms with Crippen LogP contribution in [0.5, 0.6) is 0 Å². The van der Waals surface area contributed by atoms with Crippen LogP contribution in [0.1, 0.15) is 21.5 Å². The topological polar surface area (TPSA) is 108 Å². The second-order valence-electron chi connectivity index (χ2n) is 6.48. The van der Waals surface area contributed by atoms with Gasteiger partial charge in [0, 0.05) is 23.7 Å². The van der Waals surface area contributed by atoms with Gasteiger partial charge in [0.05, 0.1) is 12.1 Å². The summed E-state index contributed by atoms with van der Waals surface area (Å²) in [6.07, 6.45) is -4.61. The fourth-order valence-electron chi connectivity index (χ4n) is 2.51. The predicted octanol–water partition coefficient (Wildman–Crippen LogP) is 2.45. The van der Waals surface area contributed by atoms with E-state index in [-0.39, 0.29) is 12.1 Å². The van der Waals surface area contributed by atoms with Crippen LogP contribution in [-0.4, -0.2) is 42.0 Å². The summed E-state index contributed by atoms with van der Waals surface area (Å²) in [6.45, 7) is -0.357. The second kappa shape index (κ2) is 10.8. The molecule has 2 rings (SSSR count). The maximum Gasteiger partial charge on any atom is 0.416 e. The van der Waals surface area contributed by atoms with Crippen LogP contribution in [0.3, 0.4) is 0 Å². The van der Waals surface area contributed by atoms with Crippen molar-refractivity contribution >= 4 is 29.4 Å². The molecule has 0 unspecified atom stereocenters. The van der Waals surface area contributed by atoms with E-state index < -0.39 is 42.1 Å². The minimum atomic E-state index is -4.61. The molecule has 0 bridgehead atoms. The standard InChI is InChI=1S/C20H19ClF3N3O4/c21-15-6-4-12(5-7-15)9-25-10-16(19(30)31)27-17(28)11-26-18(29)13-2-1-3-14(8-13)20(22,23)24/h1-8,16,25H,9-11H2,(H,26,29)(H,27,28)(H,30,31)/t16-/m0/s1. The molecule has 11 heteroatoms. The van der Waals surface area contributed by atoms with Crippen molar-refractivity contribution in [1.82, 2.24) is 16.0 Å². The molecule has 0 fully saturated rings. The first-order chi connectivity index (χ1) is 14.6. The number of aliphatic carboxylic acids is 1. The molecule has 2 aromatic rings. The number of hydrogen-bond acceptors (Lipinski definition) is 4. The van der Waals surface area contributed by atoms with E-state index in [1.807, 2.05) is 0 Å². The Morgan fingerprint density at radius 2 is 1.74 bits per heavy atom. The largest absolute Gasteiger partial charge is 0.480 e. The molecule has 0 heterocycles. The zero-order valence-electron chi connectivity index (χ0n) is 16.0. The van der Waals surface area contributed by atoms with Crippen molar-refractivity contribution in [2.24, 2.45) is 0 Å². The maximum absolute atomic E-state index is 12.7. The van der Waals surface area contributed by atoms with E-state index in [1.165, 1.54) is 6.07 Å². The van der Waals surface area contributed by atoms with Gasteiger partial charge in [-0.2, -0.15) is 13.2 Å². The zero-order chi connectivity index (χ0) is 23.0. The van der Waals surface area contributed by atoms with Crippen molar-refractivity contribution in [3.63, 3.8) is 0 Å². The van der Waals surface area contributed by atoms with Gasteiger partial charge < -0.3 is 21.1 Å². The smallest absolute Gasteiger partial charge is 0.416 e. The summed E-state index contributed by atoms with van der Waals surface area (Å²) in [5.41, 5.74) is -0.419. The average molecular weight is 458 g/mol. The van der Waals surface area contributed by atoms with Gasteiger partial charge in [0.1, 0.15) is 6.04 Å². The van der Waals surface area contributed by atoms with Crippen molar-refractivity contribution in [3.8, 4) is 0 Å². The number of benzene rings is 2. The number of carboxylic acids is 1. The number of rotatable bonds is 9. The van der Waals surface area contributed by atoms with E-state index in [0.717, 1.165) is 17.7 Å². The molecule has 0 radical (unpaired) electrons. The molecule has 0 aliphatic rings. The fraction of sp³-hybridized carbons (Fsp3) is 0.250. The Morgan fingerprint density at radius 3 is 2.35 bits per heavy atom. The molecule has 4 N–H and O–H groups in total. The fourth-order valence-corrected chi connectivity index (χ4v) is 2.63. The minimum Gasteiger partial charge on any atom is -0.480 e. The first kappa shape index (κ1) is 24.2. The Kier molecular flexibility index (Phi) is 8.40. The molecule has 31 heavy (non-hydrogen) atoms. The predicted molar refractivity (Wildman–Crippen MR) is 107 cm³/mol. The SMILES string of the molecule is O=C(CNC(=O)c1cccc(C(F)(F)F)c1)N[C@@H](CNCc1ccc(Cl)cc1)C(=O)O. The lowest BCUT2D eigenvalue weighted by atomic mass is 10.1. The number of hydrogen-bond donors (Lipinski definition) is 4. The summed E-state index contributed by atoms with van der Waals surface area (Å²) in [7, 11) is 0. The monoisotopic (exact) mass is 457 g/mol. The number of alkyl halides is 3. The molecule has 0 aliphatic heterocycles. The van der Waals surface area contributed by atoms with Gasteiger partial charge in [-0.15, -0.1) is 0 Å². The number of carboxylic acid groups (broad SMARTS) is 1. The van der Waals surface area contributed by atoms with Crippen LogP contribution in [-0.2, 0) is 22.3 Å². The third-order valence-electron chi connectivity index (χ3n) is 4.09. The van der Waals surface area contributed by atoms with E-state index >= 15 is 0 Å². The lowest BCUT2D eigenvalue weighted by Crippen LogP contribution is -2.50. The Balaban J connectivity index is 1.84. The van der Waals surface area contributed by atoms with Crippen LogP contribution in [0, 0.1) is 0 Å². The van der Waals surface area contributed by atoms with Crippen LogP contribution >= 0.6 is 11.6 Å². The minimum absolute atomic E-state index is 0.0920. The zero-order valence-corrected chi connectivity index (χ0v) is 16.8. The molecule has 7 nitrogen and oxygen atoms in total. The van der Waals surface area contributed by atoms with Crippen molar-refractivity contribution in [3.05, 3.63) is 70.2 Å². The first-order valence-electron chi connectivity index (χ1n) is 8.99. The van der Waals surface area contributed by atoms with E-state index in [4.69, 9.17) is 11.6 Å². The summed E-state index contributed by atoms with van der Waals surface area (Å²) in [5, 5.41) is 17.1. The number of carbonyl (C=O) groups excluding carboxylic acids is 2. The number of nitrogens with one attached hydrogen (secondary N) is 3. The van der Waals surface area contributed by atoms with Gasteiger partial charge in [0.25, 0.3) is 5.91 Å². The highest BCUT2D eigenvalue weighted by Crippen LogP contribution is 2.29. The molecule has 1 atom stereocenters. The van der Waals surface area contributed by atoms with Crippen LogP contribution in [0.15, 0.2) is 48.5 Å². The lowest BCUT2D eigenvalue weighted by molar-refractivity contribution is -0.141. The van der Waals surface area contributed by atoms with Gasteiger partial charge in [-0.3, -0.25) is 9.59 Å². The molecule has 2 aromatic carbocycles. The summed E-state index contributed by atoms with van der Waals surface area (Å²) >= 11 is 5.79. The number of amides is 2. The molecule has 0 aromatic heterocycles. The molecule has 0 spiro atoms. The van der Waals surface area contributed by atoms with Crippen molar-refractivity contribution < 1.29 is 32.7 Å². The molecular weight excluding hydrogens is 439 g/mol. The summed E-state index contributed by atoms with van der Waals surface area (Å²) in [4.78, 5) is 35.3. The highest BCUT2D eigenvalue weighted by atomic mass is 35.5.